The molecule has 0 aliphatic rings. The van der Waals surface area contributed by atoms with E-state index in [0.717, 1.165) is 38.5 Å². The number of hydrogen-bond acceptors (Lipinski definition) is 4. The van der Waals surface area contributed by atoms with Crippen LogP contribution in [0.3, 0.4) is 0 Å². The molecule has 0 aliphatic carbocycles. The molecule has 124 valence electrons. The molecule has 2 radical (unpaired) electrons. The third-order valence-corrected chi connectivity index (χ3v) is 2.82. The summed E-state index contributed by atoms with van der Waals surface area (Å²) in [4.78, 5) is 19.9. The minimum absolute atomic E-state index is 0. The summed E-state index contributed by atoms with van der Waals surface area (Å²) >= 11 is 0. The maximum atomic E-state index is 9.93. The molecule has 0 rings (SSSR count). The number of hydrogen-bond donors (Lipinski definition) is 0. The van der Waals surface area contributed by atoms with Gasteiger partial charge in [-0.3, -0.25) is 0 Å². The first-order valence-electron chi connectivity index (χ1n) is 7.65. The molecule has 0 saturated carbocycles. The van der Waals surface area contributed by atoms with Gasteiger partial charge in [0, 0.05) is 11.9 Å². The Kier molecular flexibility index (Phi) is 21.9. The van der Waals surface area contributed by atoms with Crippen molar-refractivity contribution in [2.24, 2.45) is 11.8 Å². The molecule has 0 aromatic rings. The van der Waals surface area contributed by atoms with Crippen molar-refractivity contribution in [2.45, 2.75) is 79.1 Å². The third kappa shape index (κ3) is 33.0. The average molecular weight is 496 g/mol. The molecule has 0 unspecified atom stereocenters. The average Bonchev–Trinajstić information content (AvgIpc) is 2.30. The molecule has 0 heterocycles. The van der Waals surface area contributed by atoms with Crippen LogP contribution < -0.4 is 10.2 Å². The van der Waals surface area contributed by atoms with Gasteiger partial charge >= 0.3 is 26.2 Å². The minimum atomic E-state index is -0.927. The molecule has 0 fully saturated rings. The van der Waals surface area contributed by atoms with Crippen LogP contribution in [0.15, 0.2) is 0 Å². The van der Waals surface area contributed by atoms with Crippen LogP contribution in [0.25, 0.3) is 0 Å². The molecule has 0 aromatic heterocycles. The number of unbranched alkanes of at least 4 members (excludes halogenated alkanes) is 2. The Hall–Kier alpha value is -0.177. The Morgan fingerprint density at radius 1 is 0.714 bits per heavy atom. The molecule has 0 N–H and O–H groups in total. The SMILES string of the molecule is CC(C)CCCCC(=O)[O-].CC(C)CCCCC(=O)[O-].[BiH+2]. The van der Waals surface area contributed by atoms with Crippen molar-refractivity contribution < 1.29 is 19.8 Å². The van der Waals surface area contributed by atoms with Crippen LogP contribution in [0.4, 0.5) is 0 Å². The standard InChI is InChI=1S/2C8H16O2.Bi.H/c2*1-7(2)5-3-4-6-8(9)10;;/h2*7H,3-6H2,1-2H3,(H,9,10);;/q;;+2;/p-2. The van der Waals surface area contributed by atoms with Crippen molar-refractivity contribution in [3.63, 3.8) is 0 Å². The van der Waals surface area contributed by atoms with Gasteiger partial charge in [-0.05, 0) is 37.5 Å². The van der Waals surface area contributed by atoms with Gasteiger partial charge in [0.15, 0.2) is 0 Å². The number of rotatable bonds is 10. The predicted molar refractivity (Wildman–Crippen MR) is 83.8 cm³/mol. The Morgan fingerprint density at radius 2 is 1.00 bits per heavy atom. The second kappa shape index (κ2) is 17.9. The molecular weight excluding hydrogens is 465 g/mol. The van der Waals surface area contributed by atoms with Crippen molar-refractivity contribution >= 4 is 38.1 Å². The molecule has 4 nitrogen and oxygen atoms in total. The van der Waals surface area contributed by atoms with Gasteiger partial charge in [0.2, 0.25) is 0 Å². The van der Waals surface area contributed by atoms with Gasteiger partial charge in [-0.2, -0.15) is 0 Å². The normalized spacial score (nSPS) is 9.81. The van der Waals surface area contributed by atoms with E-state index in [1.165, 1.54) is 0 Å². The molecule has 0 bridgehead atoms. The first-order chi connectivity index (χ1) is 9.25. The van der Waals surface area contributed by atoms with E-state index in [2.05, 4.69) is 27.7 Å². The van der Waals surface area contributed by atoms with Crippen LogP contribution in [0.2, 0.25) is 0 Å². The van der Waals surface area contributed by atoms with Crippen molar-refractivity contribution in [1.29, 1.82) is 0 Å². The van der Waals surface area contributed by atoms with Crippen LogP contribution in [-0.2, 0) is 9.59 Å². The van der Waals surface area contributed by atoms with Gasteiger partial charge in [0.05, 0.1) is 0 Å². The first kappa shape index (κ1) is 25.8. The summed E-state index contributed by atoms with van der Waals surface area (Å²) < 4.78 is 0. The van der Waals surface area contributed by atoms with Crippen molar-refractivity contribution in [2.75, 3.05) is 0 Å². The maximum absolute atomic E-state index is 9.93. The zero-order valence-corrected chi connectivity index (χ0v) is 17.8. The predicted octanol–water partition coefficient (Wildman–Crippen LogP) is 1.26. The molecule has 0 aliphatic heterocycles. The van der Waals surface area contributed by atoms with Crippen molar-refractivity contribution in [3.05, 3.63) is 0 Å². The van der Waals surface area contributed by atoms with E-state index >= 15 is 0 Å². The zero-order chi connectivity index (χ0) is 16.0. The van der Waals surface area contributed by atoms with Gasteiger partial charge in [-0.1, -0.05) is 53.4 Å². The molecular formula is C16H31BiO4. The first-order valence-corrected chi connectivity index (χ1v) is 7.65. The number of carboxylic acid groups (broad SMARTS) is 2. The summed E-state index contributed by atoms with van der Waals surface area (Å²) in [5.74, 6) is -0.490. The molecule has 0 atom stereocenters. The fraction of sp³-hybridized carbons (Fsp3) is 0.875. The molecule has 5 heteroatoms. The monoisotopic (exact) mass is 496 g/mol. The fourth-order valence-electron chi connectivity index (χ4n) is 1.64. The summed E-state index contributed by atoms with van der Waals surface area (Å²) in [6, 6.07) is 0. The number of carbonyl (C=O) groups is 2. The van der Waals surface area contributed by atoms with E-state index in [9.17, 15) is 19.8 Å². The Morgan fingerprint density at radius 3 is 1.19 bits per heavy atom. The second-order valence-corrected chi connectivity index (χ2v) is 6.02. The summed E-state index contributed by atoms with van der Waals surface area (Å²) in [6.07, 6.45) is 6.21. The van der Waals surface area contributed by atoms with Gasteiger partial charge in [-0.15, -0.1) is 0 Å². The van der Waals surface area contributed by atoms with Crippen LogP contribution in [0.1, 0.15) is 79.1 Å². The Labute approximate surface area is 148 Å². The molecule has 0 amide bonds. The Balaban J connectivity index is -0.000000295. The summed E-state index contributed by atoms with van der Waals surface area (Å²) in [7, 11) is 0. The van der Waals surface area contributed by atoms with E-state index in [1.54, 1.807) is 0 Å². The van der Waals surface area contributed by atoms with E-state index < -0.39 is 11.9 Å². The molecule has 0 aromatic carbocycles. The summed E-state index contributed by atoms with van der Waals surface area (Å²) in [5, 5.41) is 19.9. The van der Waals surface area contributed by atoms with Gasteiger partial charge < -0.3 is 19.8 Å². The second-order valence-electron chi connectivity index (χ2n) is 6.02. The van der Waals surface area contributed by atoms with E-state index in [0.29, 0.717) is 11.8 Å². The topological polar surface area (TPSA) is 80.3 Å². The number of aliphatic carboxylic acids is 2. The van der Waals surface area contributed by atoms with Crippen molar-refractivity contribution in [1.82, 2.24) is 0 Å². The van der Waals surface area contributed by atoms with Gasteiger partial charge in [-0.25, -0.2) is 0 Å². The number of carbonyl (C=O) groups excluding carboxylic acids is 2. The molecule has 21 heavy (non-hydrogen) atoms. The van der Waals surface area contributed by atoms with Crippen LogP contribution in [0, 0.1) is 11.8 Å². The quantitative estimate of drug-likeness (QED) is 0.337. The van der Waals surface area contributed by atoms with Crippen LogP contribution in [0.5, 0.6) is 0 Å². The Bertz CT molecular complexity index is 227. The molecule has 0 spiro atoms. The van der Waals surface area contributed by atoms with E-state index in [-0.39, 0.29) is 39.0 Å². The summed E-state index contributed by atoms with van der Waals surface area (Å²) in [6.45, 7) is 8.55. The third-order valence-electron chi connectivity index (χ3n) is 2.82. The summed E-state index contributed by atoms with van der Waals surface area (Å²) in [5.41, 5.74) is 0. The fourth-order valence-corrected chi connectivity index (χ4v) is 1.64. The van der Waals surface area contributed by atoms with E-state index in [1.807, 2.05) is 0 Å². The van der Waals surface area contributed by atoms with Crippen molar-refractivity contribution in [3.8, 4) is 0 Å². The van der Waals surface area contributed by atoms with E-state index in [4.69, 9.17) is 0 Å². The van der Waals surface area contributed by atoms with Crippen LogP contribution in [-0.4, -0.2) is 38.1 Å². The van der Waals surface area contributed by atoms with Crippen LogP contribution >= 0.6 is 0 Å². The number of carboxylic acids is 2. The zero-order valence-electron chi connectivity index (χ0n) is 13.9. The van der Waals surface area contributed by atoms with Gasteiger partial charge in [0.1, 0.15) is 0 Å². The van der Waals surface area contributed by atoms with Gasteiger partial charge in [0.25, 0.3) is 0 Å². The molecule has 0 saturated heterocycles.